The van der Waals surface area contributed by atoms with Gasteiger partial charge in [-0.15, -0.1) is 0 Å². The summed E-state index contributed by atoms with van der Waals surface area (Å²) in [5.74, 6) is -0.131. The summed E-state index contributed by atoms with van der Waals surface area (Å²) in [4.78, 5) is 0. The van der Waals surface area contributed by atoms with Crippen LogP contribution in [0.1, 0.15) is 5.56 Å². The smallest absolute Gasteiger partial charge is 0.126 e. The summed E-state index contributed by atoms with van der Waals surface area (Å²) in [7, 11) is 0. The second kappa shape index (κ2) is 2.59. The third-order valence-electron chi connectivity index (χ3n) is 2.03. The van der Waals surface area contributed by atoms with Gasteiger partial charge in [-0.3, -0.25) is 0 Å². The molecular formula is C11H9F. The van der Waals surface area contributed by atoms with Crippen LogP contribution in [-0.2, 0) is 0 Å². The number of aryl methyl sites for hydroxylation is 1. The van der Waals surface area contributed by atoms with Gasteiger partial charge in [-0.25, -0.2) is 4.39 Å². The van der Waals surface area contributed by atoms with Crippen LogP contribution in [0.2, 0.25) is 0 Å². The van der Waals surface area contributed by atoms with Gasteiger partial charge in [0.2, 0.25) is 0 Å². The molecule has 0 spiro atoms. The molecule has 2 rings (SSSR count). The lowest BCUT2D eigenvalue weighted by molar-refractivity contribution is 0.620. The van der Waals surface area contributed by atoms with Crippen LogP contribution in [0.5, 0.6) is 0 Å². The first-order chi connectivity index (χ1) is 5.77. The Balaban J connectivity index is 2.84. The molecule has 12 heavy (non-hydrogen) atoms. The van der Waals surface area contributed by atoms with E-state index in [0.29, 0.717) is 5.56 Å². The average molecular weight is 160 g/mol. The molecule has 0 amide bonds. The molecule has 0 radical (unpaired) electrons. The normalized spacial score (nSPS) is 10.5. The molecule has 0 nitrogen and oxygen atoms in total. The zero-order valence-corrected chi connectivity index (χ0v) is 6.84. The Morgan fingerprint density at radius 3 is 2.25 bits per heavy atom. The Bertz CT molecular complexity index is 378. The summed E-state index contributed by atoms with van der Waals surface area (Å²) in [5.41, 5.74) is 0.703. The molecule has 0 saturated carbocycles. The summed E-state index contributed by atoms with van der Waals surface area (Å²) >= 11 is 0. The van der Waals surface area contributed by atoms with E-state index in [1.54, 1.807) is 13.0 Å². The number of benzene rings is 2. The minimum atomic E-state index is -0.131. The molecule has 0 aromatic heterocycles. The molecule has 0 bridgehead atoms. The van der Waals surface area contributed by atoms with Gasteiger partial charge in [-0.05, 0) is 35.4 Å². The van der Waals surface area contributed by atoms with Gasteiger partial charge in [0.15, 0.2) is 0 Å². The Morgan fingerprint density at radius 2 is 1.58 bits per heavy atom. The largest absolute Gasteiger partial charge is 0.207 e. The highest BCUT2D eigenvalue weighted by Gasteiger charge is 1.98. The van der Waals surface area contributed by atoms with Gasteiger partial charge in [0.1, 0.15) is 5.82 Å². The number of rotatable bonds is 0. The number of halogens is 1. The number of hydrogen-bond acceptors (Lipinski definition) is 0. The highest BCUT2D eigenvalue weighted by atomic mass is 19.1. The first kappa shape index (κ1) is 7.29. The molecular weight excluding hydrogens is 151 g/mol. The van der Waals surface area contributed by atoms with E-state index in [-0.39, 0.29) is 5.82 Å². The molecule has 0 unspecified atom stereocenters. The van der Waals surface area contributed by atoms with E-state index in [1.165, 1.54) is 0 Å². The molecule has 0 aliphatic heterocycles. The van der Waals surface area contributed by atoms with E-state index in [9.17, 15) is 4.39 Å². The quantitative estimate of drug-likeness (QED) is 0.554. The van der Waals surface area contributed by atoms with Crippen molar-refractivity contribution in [3.63, 3.8) is 0 Å². The third kappa shape index (κ3) is 1.07. The monoisotopic (exact) mass is 160 g/mol. The van der Waals surface area contributed by atoms with Crippen LogP contribution in [0.25, 0.3) is 10.8 Å². The van der Waals surface area contributed by atoms with Crippen molar-refractivity contribution in [2.75, 3.05) is 0 Å². The molecule has 1 heteroatoms. The molecule has 2 aromatic carbocycles. The van der Waals surface area contributed by atoms with Crippen LogP contribution >= 0.6 is 0 Å². The maximum absolute atomic E-state index is 13.0. The highest BCUT2D eigenvalue weighted by molar-refractivity contribution is 5.83. The van der Waals surface area contributed by atoms with Crippen molar-refractivity contribution in [1.82, 2.24) is 0 Å². The minimum absolute atomic E-state index is 0.131. The Labute approximate surface area is 70.6 Å². The second-order valence-corrected chi connectivity index (χ2v) is 2.95. The summed E-state index contributed by atoms with van der Waals surface area (Å²) in [6.45, 7) is 1.78. The Kier molecular flexibility index (Phi) is 1.58. The van der Waals surface area contributed by atoms with Crippen LogP contribution < -0.4 is 0 Å². The van der Waals surface area contributed by atoms with E-state index in [0.717, 1.165) is 10.8 Å². The van der Waals surface area contributed by atoms with E-state index in [1.807, 2.05) is 30.3 Å². The van der Waals surface area contributed by atoms with E-state index >= 15 is 0 Å². The van der Waals surface area contributed by atoms with Crippen LogP contribution in [0, 0.1) is 12.7 Å². The average Bonchev–Trinajstić information content (AvgIpc) is 2.07. The van der Waals surface area contributed by atoms with Crippen molar-refractivity contribution < 1.29 is 4.39 Å². The van der Waals surface area contributed by atoms with Gasteiger partial charge in [0.25, 0.3) is 0 Å². The van der Waals surface area contributed by atoms with E-state index in [4.69, 9.17) is 0 Å². The highest BCUT2D eigenvalue weighted by Crippen LogP contribution is 2.17. The van der Waals surface area contributed by atoms with Crippen LogP contribution in [0.4, 0.5) is 4.39 Å². The third-order valence-corrected chi connectivity index (χ3v) is 2.03. The second-order valence-electron chi connectivity index (χ2n) is 2.95. The summed E-state index contributed by atoms with van der Waals surface area (Å²) < 4.78 is 13.0. The fraction of sp³-hybridized carbons (Fsp3) is 0.0909. The maximum Gasteiger partial charge on any atom is 0.126 e. The van der Waals surface area contributed by atoms with Crippen molar-refractivity contribution >= 4 is 10.8 Å². The zero-order valence-electron chi connectivity index (χ0n) is 6.84. The van der Waals surface area contributed by atoms with Crippen LogP contribution in [-0.4, -0.2) is 0 Å². The van der Waals surface area contributed by atoms with E-state index in [2.05, 4.69) is 0 Å². The number of fused-ring (bicyclic) bond motifs is 1. The Morgan fingerprint density at radius 1 is 1.00 bits per heavy atom. The molecule has 60 valence electrons. The fourth-order valence-corrected chi connectivity index (χ4v) is 1.33. The Hall–Kier alpha value is -1.37. The predicted octanol–water partition coefficient (Wildman–Crippen LogP) is 3.29. The maximum atomic E-state index is 13.0. The summed E-state index contributed by atoms with van der Waals surface area (Å²) in [5, 5.41) is 2.05. The topological polar surface area (TPSA) is 0 Å². The lowest BCUT2D eigenvalue weighted by atomic mass is 10.1. The van der Waals surface area contributed by atoms with Gasteiger partial charge >= 0.3 is 0 Å². The van der Waals surface area contributed by atoms with Gasteiger partial charge in [0, 0.05) is 0 Å². The standard InChI is InChI=1S/C11H9F/c1-8-6-9-4-2-3-5-10(9)7-11(8)12/h2-7H,1H3. The SMILES string of the molecule is Cc1cc2ccccc2cc1F. The minimum Gasteiger partial charge on any atom is -0.207 e. The molecule has 0 aliphatic carbocycles. The molecule has 0 fully saturated rings. The van der Waals surface area contributed by atoms with Crippen molar-refractivity contribution in [2.24, 2.45) is 0 Å². The molecule has 0 aliphatic rings. The van der Waals surface area contributed by atoms with Crippen LogP contribution in [0.3, 0.4) is 0 Å². The lowest BCUT2D eigenvalue weighted by Gasteiger charge is -1.99. The van der Waals surface area contributed by atoms with Gasteiger partial charge in [0.05, 0.1) is 0 Å². The number of hydrogen-bond donors (Lipinski definition) is 0. The van der Waals surface area contributed by atoms with Crippen molar-refractivity contribution in [1.29, 1.82) is 0 Å². The van der Waals surface area contributed by atoms with Gasteiger partial charge < -0.3 is 0 Å². The molecule has 0 saturated heterocycles. The van der Waals surface area contributed by atoms with Gasteiger partial charge in [-0.1, -0.05) is 24.3 Å². The van der Waals surface area contributed by atoms with E-state index < -0.39 is 0 Å². The predicted molar refractivity (Wildman–Crippen MR) is 48.6 cm³/mol. The first-order valence-electron chi connectivity index (χ1n) is 3.92. The summed E-state index contributed by atoms with van der Waals surface area (Å²) in [6, 6.07) is 11.2. The van der Waals surface area contributed by atoms with Crippen molar-refractivity contribution in [3.8, 4) is 0 Å². The molecule has 2 aromatic rings. The molecule has 0 atom stereocenters. The van der Waals surface area contributed by atoms with Gasteiger partial charge in [-0.2, -0.15) is 0 Å². The lowest BCUT2D eigenvalue weighted by Crippen LogP contribution is -1.81. The molecule has 0 N–H and O–H groups in total. The van der Waals surface area contributed by atoms with Crippen molar-refractivity contribution in [2.45, 2.75) is 6.92 Å². The first-order valence-corrected chi connectivity index (χ1v) is 3.92. The molecule has 0 heterocycles. The summed E-state index contributed by atoms with van der Waals surface area (Å²) in [6.07, 6.45) is 0. The van der Waals surface area contributed by atoms with Crippen LogP contribution in [0.15, 0.2) is 36.4 Å². The zero-order chi connectivity index (χ0) is 8.55. The fourth-order valence-electron chi connectivity index (χ4n) is 1.33. The van der Waals surface area contributed by atoms with Crippen molar-refractivity contribution in [3.05, 3.63) is 47.8 Å².